The molecule has 0 bridgehead atoms. The molecular weight excluding hydrogens is 234 g/mol. The third kappa shape index (κ3) is 4.00. The SMILES string of the molecule is Cc1nnc(SCCNC2CCCCC2C)o1. The van der Waals surface area contributed by atoms with Crippen molar-refractivity contribution in [1.82, 2.24) is 15.5 Å². The van der Waals surface area contributed by atoms with E-state index in [1.807, 2.05) is 6.92 Å². The van der Waals surface area contributed by atoms with Crippen molar-refractivity contribution >= 4 is 11.8 Å². The molecule has 0 amide bonds. The van der Waals surface area contributed by atoms with Gasteiger partial charge in [-0.2, -0.15) is 0 Å². The molecule has 2 unspecified atom stereocenters. The second-order valence-electron chi connectivity index (χ2n) is 4.76. The molecule has 1 heterocycles. The third-order valence-corrected chi connectivity index (χ3v) is 4.17. The summed E-state index contributed by atoms with van der Waals surface area (Å²) < 4.78 is 5.31. The zero-order valence-electron chi connectivity index (χ0n) is 10.6. The summed E-state index contributed by atoms with van der Waals surface area (Å²) in [6.07, 6.45) is 5.46. The predicted octanol–water partition coefficient (Wildman–Crippen LogP) is 2.64. The van der Waals surface area contributed by atoms with Crippen molar-refractivity contribution < 1.29 is 4.42 Å². The van der Waals surface area contributed by atoms with E-state index in [0.717, 1.165) is 18.2 Å². The molecule has 1 aliphatic rings. The Hall–Kier alpha value is -0.550. The molecule has 0 saturated heterocycles. The quantitative estimate of drug-likeness (QED) is 0.647. The molecule has 1 fully saturated rings. The first-order chi connectivity index (χ1) is 8.25. The van der Waals surface area contributed by atoms with Crippen molar-refractivity contribution in [2.45, 2.75) is 50.8 Å². The van der Waals surface area contributed by atoms with Gasteiger partial charge in [0.05, 0.1) is 0 Å². The fourth-order valence-electron chi connectivity index (χ4n) is 2.34. The van der Waals surface area contributed by atoms with Gasteiger partial charge >= 0.3 is 0 Å². The topological polar surface area (TPSA) is 51.0 Å². The van der Waals surface area contributed by atoms with Crippen LogP contribution in [-0.4, -0.2) is 28.5 Å². The molecule has 96 valence electrons. The van der Waals surface area contributed by atoms with Gasteiger partial charge in [0, 0.05) is 25.3 Å². The first kappa shape index (κ1) is 12.9. The third-order valence-electron chi connectivity index (χ3n) is 3.35. The lowest BCUT2D eigenvalue weighted by molar-refractivity contribution is 0.285. The van der Waals surface area contributed by atoms with Crippen molar-refractivity contribution in [2.24, 2.45) is 5.92 Å². The van der Waals surface area contributed by atoms with Crippen molar-refractivity contribution in [3.05, 3.63) is 5.89 Å². The standard InChI is InChI=1S/C12H21N3OS/c1-9-5-3-4-6-11(9)13-7-8-17-12-15-14-10(2)16-12/h9,11,13H,3-8H2,1-2H3. The lowest BCUT2D eigenvalue weighted by atomic mass is 9.86. The molecule has 17 heavy (non-hydrogen) atoms. The molecule has 0 aromatic carbocycles. The second kappa shape index (κ2) is 6.40. The normalized spacial score (nSPS) is 25.1. The first-order valence-corrected chi connectivity index (χ1v) is 7.40. The summed E-state index contributed by atoms with van der Waals surface area (Å²) in [4.78, 5) is 0. The first-order valence-electron chi connectivity index (χ1n) is 6.42. The smallest absolute Gasteiger partial charge is 0.276 e. The molecule has 1 aliphatic carbocycles. The van der Waals surface area contributed by atoms with Crippen LogP contribution in [0.3, 0.4) is 0 Å². The largest absolute Gasteiger partial charge is 0.416 e. The number of nitrogens with zero attached hydrogens (tertiary/aromatic N) is 2. The van der Waals surface area contributed by atoms with Crippen LogP contribution in [0.2, 0.25) is 0 Å². The van der Waals surface area contributed by atoms with Crippen LogP contribution in [0.1, 0.15) is 38.5 Å². The highest BCUT2D eigenvalue weighted by molar-refractivity contribution is 7.99. The maximum atomic E-state index is 5.31. The number of hydrogen-bond donors (Lipinski definition) is 1. The Morgan fingerprint density at radius 3 is 2.88 bits per heavy atom. The molecule has 2 rings (SSSR count). The van der Waals surface area contributed by atoms with Gasteiger partial charge in [0.2, 0.25) is 5.89 Å². The van der Waals surface area contributed by atoms with Crippen molar-refractivity contribution in [3.8, 4) is 0 Å². The maximum absolute atomic E-state index is 5.31. The van der Waals surface area contributed by atoms with E-state index in [1.54, 1.807) is 11.8 Å². The van der Waals surface area contributed by atoms with Crippen LogP contribution in [-0.2, 0) is 0 Å². The molecule has 5 heteroatoms. The molecule has 1 saturated carbocycles. The van der Waals surface area contributed by atoms with Gasteiger partial charge in [-0.3, -0.25) is 0 Å². The van der Waals surface area contributed by atoms with Gasteiger partial charge in [-0.05, 0) is 18.8 Å². The Balaban J connectivity index is 1.62. The molecule has 1 N–H and O–H groups in total. The molecule has 1 aromatic heterocycles. The van der Waals surface area contributed by atoms with Crippen molar-refractivity contribution in [2.75, 3.05) is 12.3 Å². The van der Waals surface area contributed by atoms with E-state index in [1.165, 1.54) is 25.7 Å². The van der Waals surface area contributed by atoms with Gasteiger partial charge in [0.1, 0.15) is 0 Å². The van der Waals surface area contributed by atoms with Crippen LogP contribution >= 0.6 is 11.8 Å². The van der Waals surface area contributed by atoms with Crippen LogP contribution in [0.4, 0.5) is 0 Å². The van der Waals surface area contributed by atoms with E-state index < -0.39 is 0 Å². The average molecular weight is 255 g/mol. The molecule has 0 spiro atoms. The summed E-state index contributed by atoms with van der Waals surface area (Å²) in [5.41, 5.74) is 0. The number of nitrogens with one attached hydrogen (secondary N) is 1. The van der Waals surface area contributed by atoms with E-state index in [4.69, 9.17) is 4.42 Å². The number of hydrogen-bond acceptors (Lipinski definition) is 5. The predicted molar refractivity (Wildman–Crippen MR) is 69.2 cm³/mol. The fourth-order valence-corrected chi connectivity index (χ4v) is 3.01. The zero-order valence-corrected chi connectivity index (χ0v) is 11.4. The summed E-state index contributed by atoms with van der Waals surface area (Å²) >= 11 is 1.63. The van der Waals surface area contributed by atoms with Crippen LogP contribution < -0.4 is 5.32 Å². The molecule has 0 aliphatic heterocycles. The Morgan fingerprint density at radius 2 is 2.18 bits per heavy atom. The average Bonchev–Trinajstić information content (AvgIpc) is 2.73. The number of aryl methyl sites for hydroxylation is 1. The van der Waals surface area contributed by atoms with Crippen molar-refractivity contribution in [3.63, 3.8) is 0 Å². The fraction of sp³-hybridized carbons (Fsp3) is 0.833. The van der Waals surface area contributed by atoms with Gasteiger partial charge in [-0.1, -0.05) is 31.5 Å². The van der Waals surface area contributed by atoms with Crippen LogP contribution in [0.15, 0.2) is 9.64 Å². The Kier molecular flexibility index (Phi) is 4.86. The van der Waals surface area contributed by atoms with Gasteiger partial charge in [0.15, 0.2) is 0 Å². The summed E-state index contributed by atoms with van der Waals surface area (Å²) in [5, 5.41) is 12.1. The second-order valence-corrected chi connectivity index (χ2v) is 5.80. The Bertz CT molecular complexity index is 342. The van der Waals surface area contributed by atoms with Crippen LogP contribution in [0.5, 0.6) is 0 Å². The summed E-state index contributed by atoms with van der Waals surface area (Å²) in [6, 6.07) is 0.703. The highest BCUT2D eigenvalue weighted by Crippen LogP contribution is 2.23. The van der Waals surface area contributed by atoms with Gasteiger partial charge in [-0.25, -0.2) is 0 Å². The number of thioether (sulfide) groups is 1. The lowest BCUT2D eigenvalue weighted by Gasteiger charge is -2.29. The van der Waals surface area contributed by atoms with E-state index in [0.29, 0.717) is 17.2 Å². The van der Waals surface area contributed by atoms with Crippen LogP contribution in [0, 0.1) is 12.8 Å². The minimum absolute atomic E-state index is 0.640. The molecule has 1 aromatic rings. The number of aromatic nitrogens is 2. The zero-order chi connectivity index (χ0) is 12.1. The summed E-state index contributed by atoms with van der Waals surface area (Å²) in [5.74, 6) is 2.45. The highest BCUT2D eigenvalue weighted by Gasteiger charge is 2.20. The van der Waals surface area contributed by atoms with Gasteiger partial charge < -0.3 is 9.73 Å². The van der Waals surface area contributed by atoms with E-state index >= 15 is 0 Å². The Morgan fingerprint density at radius 1 is 1.35 bits per heavy atom. The van der Waals surface area contributed by atoms with E-state index in [9.17, 15) is 0 Å². The van der Waals surface area contributed by atoms with E-state index in [-0.39, 0.29) is 0 Å². The molecule has 2 atom stereocenters. The summed E-state index contributed by atoms with van der Waals surface area (Å²) in [6.45, 7) is 5.19. The maximum Gasteiger partial charge on any atom is 0.276 e. The van der Waals surface area contributed by atoms with Crippen molar-refractivity contribution in [1.29, 1.82) is 0 Å². The Labute approximate surface area is 107 Å². The van der Waals surface area contributed by atoms with Gasteiger partial charge in [-0.15, -0.1) is 10.2 Å². The summed E-state index contributed by atoms with van der Waals surface area (Å²) in [7, 11) is 0. The highest BCUT2D eigenvalue weighted by atomic mass is 32.2. The van der Waals surface area contributed by atoms with Crippen LogP contribution in [0.25, 0.3) is 0 Å². The minimum atomic E-state index is 0.640. The molecular formula is C12H21N3OS. The van der Waals surface area contributed by atoms with E-state index in [2.05, 4.69) is 22.4 Å². The lowest BCUT2D eigenvalue weighted by Crippen LogP contribution is -2.38. The monoisotopic (exact) mass is 255 g/mol. The molecule has 0 radical (unpaired) electrons. The minimum Gasteiger partial charge on any atom is -0.416 e. The van der Waals surface area contributed by atoms with Gasteiger partial charge in [0.25, 0.3) is 5.22 Å². The molecule has 4 nitrogen and oxygen atoms in total. The number of rotatable bonds is 5.